The highest BCUT2D eigenvalue weighted by molar-refractivity contribution is 5.80. The van der Waals surface area contributed by atoms with Gasteiger partial charge in [0.2, 0.25) is 0 Å². The summed E-state index contributed by atoms with van der Waals surface area (Å²) >= 11 is 0. The second-order valence-corrected chi connectivity index (χ2v) is 3.31. The number of carbonyl (C=O) groups is 2. The molecule has 4 nitrogen and oxygen atoms in total. The van der Waals surface area contributed by atoms with Gasteiger partial charge in [-0.3, -0.25) is 9.59 Å². The minimum Gasteiger partial charge on any atom is -0.481 e. The molecule has 1 atom stereocenters. The number of rotatable bonds is 5. The fourth-order valence-electron chi connectivity index (χ4n) is 1.22. The van der Waals surface area contributed by atoms with Gasteiger partial charge in [-0.05, 0) is 5.56 Å². The highest BCUT2D eigenvalue weighted by Gasteiger charge is 2.17. The third-order valence-electron chi connectivity index (χ3n) is 2.03. The van der Waals surface area contributed by atoms with E-state index in [9.17, 15) is 9.59 Å². The van der Waals surface area contributed by atoms with Gasteiger partial charge in [0.05, 0.1) is 12.3 Å². The van der Waals surface area contributed by atoms with Crippen LogP contribution in [0, 0.1) is 5.92 Å². The largest absolute Gasteiger partial charge is 0.481 e. The van der Waals surface area contributed by atoms with Gasteiger partial charge in [-0.15, -0.1) is 0 Å². The summed E-state index contributed by atoms with van der Waals surface area (Å²) in [6, 6.07) is 9.13. The number of benzene rings is 1. The predicted octanol–water partition coefficient (Wildman–Crippen LogP) is 1.88. The maximum absolute atomic E-state index is 10.7. The summed E-state index contributed by atoms with van der Waals surface area (Å²) in [7, 11) is 0. The van der Waals surface area contributed by atoms with E-state index in [1.165, 1.54) is 6.08 Å². The second kappa shape index (κ2) is 5.70. The molecule has 0 aliphatic carbocycles. The van der Waals surface area contributed by atoms with E-state index in [0.29, 0.717) is 0 Å². The molecule has 0 saturated heterocycles. The fourth-order valence-corrected chi connectivity index (χ4v) is 1.22. The van der Waals surface area contributed by atoms with Crippen molar-refractivity contribution < 1.29 is 19.8 Å². The monoisotopic (exact) mass is 220 g/mol. The van der Waals surface area contributed by atoms with Gasteiger partial charge in [0.25, 0.3) is 0 Å². The van der Waals surface area contributed by atoms with Crippen LogP contribution in [0.3, 0.4) is 0 Å². The van der Waals surface area contributed by atoms with Crippen LogP contribution in [0.4, 0.5) is 0 Å². The lowest BCUT2D eigenvalue weighted by Gasteiger charge is -2.03. The zero-order chi connectivity index (χ0) is 12.0. The van der Waals surface area contributed by atoms with Gasteiger partial charge in [-0.2, -0.15) is 0 Å². The Labute approximate surface area is 92.8 Å². The SMILES string of the molecule is O=C(O)CC(C=Cc1ccccc1)C(=O)O. The lowest BCUT2D eigenvalue weighted by atomic mass is 10.0. The van der Waals surface area contributed by atoms with Gasteiger partial charge in [-0.1, -0.05) is 42.5 Å². The van der Waals surface area contributed by atoms with E-state index in [1.54, 1.807) is 6.08 Å². The van der Waals surface area contributed by atoms with E-state index in [1.807, 2.05) is 30.3 Å². The molecule has 0 aliphatic heterocycles. The highest BCUT2D eigenvalue weighted by atomic mass is 16.4. The van der Waals surface area contributed by atoms with Gasteiger partial charge in [0.15, 0.2) is 0 Å². The highest BCUT2D eigenvalue weighted by Crippen LogP contribution is 2.09. The van der Waals surface area contributed by atoms with E-state index in [0.717, 1.165) is 5.56 Å². The molecular weight excluding hydrogens is 208 g/mol. The number of aliphatic carboxylic acids is 2. The van der Waals surface area contributed by atoms with E-state index < -0.39 is 24.3 Å². The number of carboxylic acids is 2. The molecule has 2 N–H and O–H groups in total. The summed E-state index contributed by atoms with van der Waals surface area (Å²) in [4.78, 5) is 21.2. The van der Waals surface area contributed by atoms with Gasteiger partial charge in [-0.25, -0.2) is 0 Å². The third kappa shape index (κ3) is 3.96. The molecule has 0 fully saturated rings. The number of hydrogen-bond acceptors (Lipinski definition) is 2. The summed E-state index contributed by atoms with van der Waals surface area (Å²) in [5.74, 6) is -3.24. The number of hydrogen-bond donors (Lipinski definition) is 2. The first-order valence-electron chi connectivity index (χ1n) is 4.77. The molecule has 84 valence electrons. The summed E-state index contributed by atoms with van der Waals surface area (Å²) < 4.78 is 0. The molecule has 1 rings (SSSR count). The van der Waals surface area contributed by atoms with Crippen LogP contribution in [0.2, 0.25) is 0 Å². The Morgan fingerprint density at radius 1 is 1.19 bits per heavy atom. The second-order valence-electron chi connectivity index (χ2n) is 3.31. The van der Waals surface area contributed by atoms with Crippen LogP contribution in [0.25, 0.3) is 6.08 Å². The van der Waals surface area contributed by atoms with Crippen LogP contribution < -0.4 is 0 Å². The van der Waals surface area contributed by atoms with Gasteiger partial charge in [0, 0.05) is 0 Å². The Bertz CT molecular complexity index is 395. The van der Waals surface area contributed by atoms with Crippen molar-refractivity contribution in [2.75, 3.05) is 0 Å². The molecule has 0 saturated carbocycles. The molecule has 1 aromatic rings. The van der Waals surface area contributed by atoms with Crippen LogP contribution in [-0.4, -0.2) is 22.2 Å². The lowest BCUT2D eigenvalue weighted by molar-refractivity contribution is -0.146. The van der Waals surface area contributed by atoms with Gasteiger partial charge >= 0.3 is 11.9 Å². The van der Waals surface area contributed by atoms with Crippen LogP contribution in [0.1, 0.15) is 12.0 Å². The first-order chi connectivity index (χ1) is 7.59. The molecule has 0 amide bonds. The van der Waals surface area contributed by atoms with Crippen LogP contribution in [-0.2, 0) is 9.59 Å². The Balaban J connectivity index is 2.72. The first-order valence-corrected chi connectivity index (χ1v) is 4.77. The molecule has 0 spiro atoms. The van der Waals surface area contributed by atoms with E-state index in [2.05, 4.69) is 0 Å². The van der Waals surface area contributed by atoms with Crippen molar-refractivity contribution in [3.8, 4) is 0 Å². The zero-order valence-corrected chi connectivity index (χ0v) is 8.54. The Hall–Kier alpha value is -2.10. The van der Waals surface area contributed by atoms with Crippen LogP contribution in [0.15, 0.2) is 36.4 Å². The molecule has 0 radical (unpaired) electrons. The van der Waals surface area contributed by atoms with Crippen molar-refractivity contribution >= 4 is 18.0 Å². The molecule has 4 heteroatoms. The van der Waals surface area contributed by atoms with Crippen molar-refractivity contribution in [1.29, 1.82) is 0 Å². The smallest absolute Gasteiger partial charge is 0.310 e. The van der Waals surface area contributed by atoms with E-state index in [4.69, 9.17) is 10.2 Å². The van der Waals surface area contributed by atoms with Crippen molar-refractivity contribution in [3.63, 3.8) is 0 Å². The number of carboxylic acid groups (broad SMARTS) is 2. The average molecular weight is 220 g/mol. The van der Waals surface area contributed by atoms with Crippen molar-refractivity contribution in [2.24, 2.45) is 5.92 Å². The fraction of sp³-hybridized carbons (Fsp3) is 0.167. The summed E-state index contributed by atoms with van der Waals surface area (Å²) in [6.45, 7) is 0. The molecule has 1 aromatic carbocycles. The molecule has 0 aliphatic rings. The standard InChI is InChI=1S/C12H12O4/c13-11(14)8-10(12(15)16)7-6-9-4-2-1-3-5-9/h1-7,10H,8H2,(H,13,14)(H,15,16). The topological polar surface area (TPSA) is 74.6 Å². The van der Waals surface area contributed by atoms with Crippen molar-refractivity contribution in [3.05, 3.63) is 42.0 Å². The molecule has 16 heavy (non-hydrogen) atoms. The molecule has 0 heterocycles. The quantitative estimate of drug-likeness (QED) is 0.794. The summed E-state index contributed by atoms with van der Waals surface area (Å²) in [5, 5.41) is 17.3. The van der Waals surface area contributed by atoms with Crippen molar-refractivity contribution in [2.45, 2.75) is 6.42 Å². The normalized spacial score (nSPS) is 12.5. The maximum atomic E-state index is 10.7. The molecule has 1 unspecified atom stereocenters. The molecule has 0 aromatic heterocycles. The molecular formula is C12H12O4. The minimum absolute atomic E-state index is 0.404. The van der Waals surface area contributed by atoms with Crippen LogP contribution >= 0.6 is 0 Å². The first kappa shape index (κ1) is 12.0. The Morgan fingerprint density at radius 2 is 1.81 bits per heavy atom. The lowest BCUT2D eigenvalue weighted by Crippen LogP contribution is -2.15. The summed E-state index contributed by atoms with van der Waals surface area (Å²) in [6.07, 6.45) is 2.60. The van der Waals surface area contributed by atoms with Crippen LogP contribution in [0.5, 0.6) is 0 Å². The van der Waals surface area contributed by atoms with E-state index >= 15 is 0 Å². The van der Waals surface area contributed by atoms with Gasteiger partial charge in [0.1, 0.15) is 0 Å². The molecule has 0 bridgehead atoms. The third-order valence-corrected chi connectivity index (χ3v) is 2.03. The minimum atomic E-state index is -1.13. The maximum Gasteiger partial charge on any atom is 0.310 e. The van der Waals surface area contributed by atoms with Gasteiger partial charge < -0.3 is 10.2 Å². The average Bonchev–Trinajstić information content (AvgIpc) is 2.25. The van der Waals surface area contributed by atoms with Crippen molar-refractivity contribution in [1.82, 2.24) is 0 Å². The summed E-state index contributed by atoms with van der Waals surface area (Å²) in [5.41, 5.74) is 0.846. The Kier molecular flexibility index (Phi) is 4.27. The zero-order valence-electron chi connectivity index (χ0n) is 8.54. The predicted molar refractivity (Wildman–Crippen MR) is 58.9 cm³/mol. The van der Waals surface area contributed by atoms with E-state index in [-0.39, 0.29) is 0 Å². The Morgan fingerprint density at radius 3 is 2.31 bits per heavy atom.